The molecule has 1 fully saturated rings. The quantitative estimate of drug-likeness (QED) is 0.331. The van der Waals surface area contributed by atoms with E-state index in [1.807, 2.05) is 62.3 Å². The van der Waals surface area contributed by atoms with Crippen LogP contribution >= 0.6 is 15.9 Å². The van der Waals surface area contributed by atoms with E-state index in [-0.39, 0.29) is 11.3 Å². The average molecular weight is 497 g/mol. The number of nitrogens with zero attached hydrogens (tertiary/aromatic N) is 4. The van der Waals surface area contributed by atoms with E-state index in [0.29, 0.717) is 30.1 Å². The van der Waals surface area contributed by atoms with Crippen LogP contribution < -0.4 is 0 Å². The van der Waals surface area contributed by atoms with Gasteiger partial charge in [-0.3, -0.25) is 14.0 Å². The minimum atomic E-state index is -0.684. The number of imidazole rings is 1. The SMILES string of the molecule is Cc1nc2c(C)cccn2c1C(O)=C1C(=O)C(=O)N(CCN(C)C)[C@H]1c1ccc(Br)cc1. The van der Waals surface area contributed by atoms with Gasteiger partial charge in [0.05, 0.1) is 17.3 Å². The third-order valence-corrected chi connectivity index (χ3v) is 6.29. The first kappa shape index (κ1) is 22.2. The van der Waals surface area contributed by atoms with Crippen molar-refractivity contribution in [2.45, 2.75) is 19.9 Å². The highest BCUT2D eigenvalue weighted by Crippen LogP contribution is 2.40. The van der Waals surface area contributed by atoms with Gasteiger partial charge in [0.25, 0.3) is 11.7 Å². The lowest BCUT2D eigenvalue weighted by Crippen LogP contribution is -2.35. The number of hydrogen-bond donors (Lipinski definition) is 1. The minimum Gasteiger partial charge on any atom is -0.505 e. The normalized spacial score (nSPS) is 18.3. The second-order valence-electron chi connectivity index (χ2n) is 8.28. The summed E-state index contributed by atoms with van der Waals surface area (Å²) in [6.07, 6.45) is 1.80. The Balaban J connectivity index is 1.94. The number of amides is 1. The number of rotatable bonds is 5. The van der Waals surface area contributed by atoms with Gasteiger partial charge in [-0.15, -0.1) is 0 Å². The molecule has 1 aromatic carbocycles. The Morgan fingerprint density at radius 3 is 2.50 bits per heavy atom. The number of aryl methyl sites for hydroxylation is 2. The molecule has 1 aliphatic rings. The summed E-state index contributed by atoms with van der Waals surface area (Å²) in [5.41, 5.74) is 3.51. The van der Waals surface area contributed by atoms with Crippen molar-refractivity contribution in [3.05, 3.63) is 75.2 Å². The van der Waals surface area contributed by atoms with Crippen LogP contribution in [0.3, 0.4) is 0 Å². The molecule has 0 aliphatic carbocycles. The van der Waals surface area contributed by atoms with E-state index in [1.165, 1.54) is 0 Å². The minimum absolute atomic E-state index is 0.0856. The number of hydrogen-bond acceptors (Lipinski definition) is 5. The zero-order valence-corrected chi connectivity index (χ0v) is 20.0. The van der Waals surface area contributed by atoms with Crippen LogP contribution in [0.15, 0.2) is 52.6 Å². The summed E-state index contributed by atoms with van der Waals surface area (Å²) in [6, 6.07) is 10.6. The smallest absolute Gasteiger partial charge is 0.295 e. The van der Waals surface area contributed by atoms with Gasteiger partial charge < -0.3 is 14.9 Å². The van der Waals surface area contributed by atoms with Gasteiger partial charge in [-0.05, 0) is 57.3 Å². The number of ketones is 1. The fourth-order valence-electron chi connectivity index (χ4n) is 4.14. The number of aromatic nitrogens is 2. The van der Waals surface area contributed by atoms with Gasteiger partial charge in [0, 0.05) is 23.8 Å². The predicted octanol–water partition coefficient (Wildman–Crippen LogP) is 3.70. The number of benzene rings is 1. The van der Waals surface area contributed by atoms with Gasteiger partial charge in [0.15, 0.2) is 5.76 Å². The number of Topliss-reactive ketones (excluding diaryl/α,β-unsaturated/α-hetero) is 1. The molecule has 8 heteroatoms. The number of aliphatic hydroxyl groups excluding tert-OH is 1. The van der Waals surface area contributed by atoms with Crippen molar-refractivity contribution in [3.8, 4) is 0 Å². The van der Waals surface area contributed by atoms with Crippen molar-refractivity contribution >= 4 is 39.0 Å². The van der Waals surface area contributed by atoms with Gasteiger partial charge in [-0.25, -0.2) is 4.98 Å². The Hall–Kier alpha value is -2.97. The number of likely N-dealkylation sites (tertiary alicyclic amines) is 1. The van der Waals surface area contributed by atoms with E-state index in [2.05, 4.69) is 20.9 Å². The number of likely N-dealkylation sites (N-methyl/N-ethyl adjacent to an activating group) is 1. The summed E-state index contributed by atoms with van der Waals surface area (Å²) in [5, 5.41) is 11.4. The van der Waals surface area contributed by atoms with Crippen molar-refractivity contribution in [1.82, 2.24) is 19.2 Å². The van der Waals surface area contributed by atoms with Crippen LogP contribution in [0, 0.1) is 13.8 Å². The molecule has 1 saturated heterocycles. The molecule has 0 bridgehead atoms. The molecule has 7 nitrogen and oxygen atoms in total. The van der Waals surface area contributed by atoms with Crippen molar-refractivity contribution in [3.63, 3.8) is 0 Å². The number of halogens is 1. The molecule has 0 radical (unpaired) electrons. The molecule has 0 unspecified atom stereocenters. The summed E-state index contributed by atoms with van der Waals surface area (Å²) < 4.78 is 2.66. The summed E-state index contributed by atoms with van der Waals surface area (Å²) in [4.78, 5) is 34.3. The van der Waals surface area contributed by atoms with Crippen LogP contribution in [0.2, 0.25) is 0 Å². The summed E-state index contributed by atoms with van der Waals surface area (Å²) in [7, 11) is 3.82. The molecule has 0 spiro atoms. The monoisotopic (exact) mass is 496 g/mol. The third kappa shape index (κ3) is 3.73. The molecule has 3 heterocycles. The fraction of sp³-hybridized carbons (Fsp3) is 0.292. The van der Waals surface area contributed by atoms with Crippen LogP contribution in [-0.4, -0.2) is 63.2 Å². The first-order valence-corrected chi connectivity index (χ1v) is 11.1. The Kier molecular flexibility index (Phi) is 5.92. The molecular weight excluding hydrogens is 472 g/mol. The third-order valence-electron chi connectivity index (χ3n) is 5.76. The van der Waals surface area contributed by atoms with Crippen molar-refractivity contribution in [2.24, 2.45) is 0 Å². The summed E-state index contributed by atoms with van der Waals surface area (Å²) >= 11 is 3.43. The molecule has 4 rings (SSSR count). The molecule has 166 valence electrons. The Bertz CT molecular complexity index is 1240. The maximum atomic E-state index is 13.2. The molecule has 2 aromatic heterocycles. The molecule has 32 heavy (non-hydrogen) atoms. The maximum Gasteiger partial charge on any atom is 0.295 e. The molecule has 1 amide bonds. The average Bonchev–Trinajstić information content (AvgIpc) is 3.21. The highest BCUT2D eigenvalue weighted by atomic mass is 79.9. The van der Waals surface area contributed by atoms with E-state index in [4.69, 9.17) is 0 Å². The van der Waals surface area contributed by atoms with Gasteiger partial charge in [-0.2, -0.15) is 0 Å². The highest BCUT2D eigenvalue weighted by molar-refractivity contribution is 9.10. The lowest BCUT2D eigenvalue weighted by atomic mass is 9.96. The van der Waals surface area contributed by atoms with Crippen LogP contribution in [0.25, 0.3) is 11.4 Å². The number of carbonyl (C=O) groups excluding carboxylic acids is 2. The van der Waals surface area contributed by atoms with E-state index < -0.39 is 17.7 Å². The number of carbonyl (C=O) groups is 2. The first-order valence-electron chi connectivity index (χ1n) is 10.3. The van der Waals surface area contributed by atoms with E-state index >= 15 is 0 Å². The molecule has 3 aromatic rings. The summed E-state index contributed by atoms with van der Waals surface area (Å²) in [5.74, 6) is -1.50. The van der Waals surface area contributed by atoms with Crippen LogP contribution in [0.4, 0.5) is 0 Å². The number of pyridine rings is 1. The Labute approximate surface area is 195 Å². The standard InChI is InChI=1S/C24H25BrN4O3/c1-14-6-5-11-28-19(15(2)26-23(14)28)21(30)18-20(16-7-9-17(25)10-8-16)29(13-12-27(3)4)24(32)22(18)31/h5-11,20,30H,12-13H2,1-4H3/t20-/m0/s1. The molecule has 1 aliphatic heterocycles. The first-order chi connectivity index (χ1) is 15.2. The van der Waals surface area contributed by atoms with E-state index in [0.717, 1.165) is 15.6 Å². The van der Waals surface area contributed by atoms with Gasteiger partial charge in [0.2, 0.25) is 0 Å². The van der Waals surface area contributed by atoms with Crippen LogP contribution in [0.5, 0.6) is 0 Å². The topological polar surface area (TPSA) is 78.1 Å². The summed E-state index contributed by atoms with van der Waals surface area (Å²) in [6.45, 7) is 4.68. The lowest BCUT2D eigenvalue weighted by molar-refractivity contribution is -0.140. The Morgan fingerprint density at radius 2 is 1.84 bits per heavy atom. The Morgan fingerprint density at radius 1 is 1.16 bits per heavy atom. The van der Waals surface area contributed by atoms with Gasteiger partial charge in [0.1, 0.15) is 11.3 Å². The second kappa shape index (κ2) is 8.52. The fourth-order valence-corrected chi connectivity index (χ4v) is 4.40. The molecule has 1 atom stereocenters. The van der Waals surface area contributed by atoms with Crippen molar-refractivity contribution in [2.75, 3.05) is 27.2 Å². The van der Waals surface area contributed by atoms with Crippen LogP contribution in [-0.2, 0) is 9.59 Å². The van der Waals surface area contributed by atoms with Gasteiger partial charge in [-0.1, -0.05) is 34.1 Å². The molecule has 0 saturated carbocycles. The van der Waals surface area contributed by atoms with Crippen molar-refractivity contribution in [1.29, 1.82) is 0 Å². The van der Waals surface area contributed by atoms with E-state index in [1.54, 1.807) is 22.4 Å². The number of fused-ring (bicyclic) bond motifs is 1. The van der Waals surface area contributed by atoms with Gasteiger partial charge >= 0.3 is 0 Å². The molecular formula is C24H25BrN4O3. The van der Waals surface area contributed by atoms with Crippen LogP contribution in [0.1, 0.15) is 28.6 Å². The lowest BCUT2D eigenvalue weighted by Gasteiger charge is -2.26. The molecule has 1 N–H and O–H groups in total. The number of aliphatic hydroxyl groups is 1. The van der Waals surface area contributed by atoms with E-state index in [9.17, 15) is 14.7 Å². The second-order valence-corrected chi connectivity index (χ2v) is 9.19. The predicted molar refractivity (Wildman–Crippen MR) is 126 cm³/mol. The maximum absolute atomic E-state index is 13.2. The largest absolute Gasteiger partial charge is 0.505 e. The zero-order valence-electron chi connectivity index (χ0n) is 18.5. The highest BCUT2D eigenvalue weighted by Gasteiger charge is 2.46. The van der Waals surface area contributed by atoms with Crippen molar-refractivity contribution < 1.29 is 14.7 Å². The zero-order chi connectivity index (χ0) is 23.2.